The van der Waals surface area contributed by atoms with Crippen LogP contribution >= 0.6 is 0 Å². The van der Waals surface area contributed by atoms with Crippen LogP contribution in [0.2, 0.25) is 0 Å². The largest absolute Gasteiger partial charge is 0.436 e. The molecule has 0 bridgehead atoms. The Labute approximate surface area is 79.2 Å². The third-order valence-electron chi connectivity index (χ3n) is 1.37. The van der Waals surface area contributed by atoms with E-state index in [9.17, 15) is 4.79 Å². The van der Waals surface area contributed by atoms with E-state index in [1.54, 1.807) is 13.8 Å². The lowest BCUT2D eigenvalue weighted by molar-refractivity contribution is -0.220. The van der Waals surface area contributed by atoms with Crippen molar-refractivity contribution in [2.45, 2.75) is 39.8 Å². The fraction of sp³-hybridized carbons (Fsp3) is 0.778. The zero-order chi connectivity index (χ0) is 10.3. The van der Waals surface area contributed by atoms with E-state index < -0.39 is 6.29 Å². The van der Waals surface area contributed by atoms with Gasteiger partial charge in [0, 0.05) is 7.11 Å². The Morgan fingerprint density at radius 3 is 2.46 bits per heavy atom. The smallest absolute Gasteiger partial charge is 0.312 e. The van der Waals surface area contributed by atoms with Gasteiger partial charge in [-0.3, -0.25) is 4.79 Å². The first-order valence-electron chi connectivity index (χ1n) is 4.32. The SMILES string of the molecule is CC[CH]C(=O)OC(C)OC(C)OC. The van der Waals surface area contributed by atoms with Gasteiger partial charge in [0.1, 0.15) is 0 Å². The molecule has 13 heavy (non-hydrogen) atoms. The van der Waals surface area contributed by atoms with Crippen molar-refractivity contribution in [3.05, 3.63) is 6.42 Å². The molecular weight excluding hydrogens is 172 g/mol. The third kappa shape index (κ3) is 6.54. The van der Waals surface area contributed by atoms with Crippen LogP contribution in [0.3, 0.4) is 0 Å². The summed E-state index contributed by atoms with van der Waals surface area (Å²) in [5.41, 5.74) is 0. The predicted octanol–water partition coefficient (Wildman–Crippen LogP) is 1.50. The molecule has 4 nitrogen and oxygen atoms in total. The summed E-state index contributed by atoms with van der Waals surface area (Å²) in [5.74, 6) is -0.363. The molecule has 2 unspecified atom stereocenters. The lowest BCUT2D eigenvalue weighted by Crippen LogP contribution is -2.23. The maximum Gasteiger partial charge on any atom is 0.312 e. The van der Waals surface area contributed by atoms with E-state index in [1.165, 1.54) is 13.5 Å². The van der Waals surface area contributed by atoms with Gasteiger partial charge in [-0.2, -0.15) is 0 Å². The Morgan fingerprint density at radius 1 is 1.38 bits per heavy atom. The average Bonchev–Trinajstić information content (AvgIpc) is 2.04. The summed E-state index contributed by atoms with van der Waals surface area (Å²) in [6.07, 6.45) is 1.16. The molecule has 0 N–H and O–H groups in total. The number of carbonyl (C=O) groups excluding carboxylic acids is 1. The Balaban J connectivity index is 3.60. The number of hydrogen-bond acceptors (Lipinski definition) is 4. The summed E-state index contributed by atoms with van der Waals surface area (Å²) in [7, 11) is 1.53. The van der Waals surface area contributed by atoms with Crippen molar-refractivity contribution in [2.75, 3.05) is 7.11 Å². The van der Waals surface area contributed by atoms with Crippen LogP contribution in [0.1, 0.15) is 27.2 Å². The molecule has 0 aromatic rings. The van der Waals surface area contributed by atoms with Gasteiger partial charge in [-0.05, 0) is 20.3 Å². The minimum atomic E-state index is -0.578. The van der Waals surface area contributed by atoms with Gasteiger partial charge >= 0.3 is 5.97 Å². The Hall–Kier alpha value is -0.610. The normalized spacial score (nSPS) is 15.1. The Morgan fingerprint density at radius 2 is 2.00 bits per heavy atom. The van der Waals surface area contributed by atoms with Crippen LogP contribution in [0.25, 0.3) is 0 Å². The third-order valence-corrected chi connectivity index (χ3v) is 1.37. The van der Waals surface area contributed by atoms with Crippen molar-refractivity contribution in [1.29, 1.82) is 0 Å². The highest BCUT2D eigenvalue weighted by atomic mass is 16.8. The van der Waals surface area contributed by atoms with Crippen molar-refractivity contribution in [3.63, 3.8) is 0 Å². The summed E-state index contributed by atoms with van der Waals surface area (Å²) in [5, 5.41) is 0. The number of hydrogen-bond donors (Lipinski definition) is 0. The van der Waals surface area contributed by atoms with Gasteiger partial charge in [0.15, 0.2) is 6.29 Å². The van der Waals surface area contributed by atoms with Crippen LogP contribution in [-0.2, 0) is 19.0 Å². The van der Waals surface area contributed by atoms with E-state index in [4.69, 9.17) is 14.2 Å². The maximum absolute atomic E-state index is 10.9. The summed E-state index contributed by atoms with van der Waals surface area (Å²) >= 11 is 0. The van der Waals surface area contributed by atoms with Crippen LogP contribution in [-0.4, -0.2) is 25.7 Å². The maximum atomic E-state index is 10.9. The topological polar surface area (TPSA) is 44.8 Å². The summed E-state index contributed by atoms with van der Waals surface area (Å²) in [6.45, 7) is 5.25. The van der Waals surface area contributed by atoms with E-state index in [1.807, 2.05) is 6.92 Å². The van der Waals surface area contributed by atoms with Crippen LogP contribution < -0.4 is 0 Å². The first-order valence-corrected chi connectivity index (χ1v) is 4.32. The molecule has 0 aliphatic rings. The molecule has 0 aliphatic heterocycles. The number of esters is 1. The second-order valence-corrected chi connectivity index (χ2v) is 2.56. The zero-order valence-electron chi connectivity index (χ0n) is 8.57. The monoisotopic (exact) mass is 189 g/mol. The first kappa shape index (κ1) is 12.4. The van der Waals surface area contributed by atoms with Crippen LogP contribution in [0.15, 0.2) is 0 Å². The second kappa shape index (κ2) is 6.86. The molecule has 77 valence electrons. The highest BCUT2D eigenvalue weighted by molar-refractivity contribution is 5.78. The van der Waals surface area contributed by atoms with E-state index in [0.717, 1.165) is 0 Å². The van der Waals surface area contributed by atoms with E-state index in [2.05, 4.69) is 0 Å². The highest BCUT2D eigenvalue weighted by Crippen LogP contribution is 2.02. The lowest BCUT2D eigenvalue weighted by Gasteiger charge is -2.17. The van der Waals surface area contributed by atoms with Gasteiger partial charge in [0.05, 0.1) is 6.42 Å². The highest BCUT2D eigenvalue weighted by Gasteiger charge is 2.11. The van der Waals surface area contributed by atoms with Crippen molar-refractivity contribution in [1.82, 2.24) is 0 Å². The molecule has 0 heterocycles. The fourth-order valence-corrected chi connectivity index (χ4v) is 0.732. The van der Waals surface area contributed by atoms with E-state index >= 15 is 0 Å². The molecule has 4 heteroatoms. The molecule has 0 aromatic heterocycles. The van der Waals surface area contributed by atoms with Gasteiger partial charge in [-0.25, -0.2) is 0 Å². The van der Waals surface area contributed by atoms with Gasteiger partial charge in [-0.15, -0.1) is 0 Å². The van der Waals surface area contributed by atoms with Crippen LogP contribution in [0.5, 0.6) is 0 Å². The van der Waals surface area contributed by atoms with Crippen molar-refractivity contribution < 1.29 is 19.0 Å². The quantitative estimate of drug-likeness (QED) is 0.469. The van der Waals surface area contributed by atoms with Gasteiger partial charge < -0.3 is 14.2 Å². The van der Waals surface area contributed by atoms with Crippen molar-refractivity contribution >= 4 is 5.97 Å². The number of rotatable bonds is 6. The van der Waals surface area contributed by atoms with Gasteiger partial charge in [0.2, 0.25) is 6.29 Å². The first-order chi connectivity index (χ1) is 6.10. The lowest BCUT2D eigenvalue weighted by atomic mass is 10.3. The molecule has 0 saturated heterocycles. The summed E-state index contributed by atoms with van der Waals surface area (Å²) < 4.78 is 14.8. The van der Waals surface area contributed by atoms with Crippen LogP contribution in [0.4, 0.5) is 0 Å². The van der Waals surface area contributed by atoms with E-state index in [-0.39, 0.29) is 12.3 Å². The summed E-state index contributed by atoms with van der Waals surface area (Å²) in [4.78, 5) is 10.9. The van der Waals surface area contributed by atoms with E-state index in [0.29, 0.717) is 6.42 Å². The molecule has 0 rings (SSSR count). The molecule has 0 aliphatic carbocycles. The average molecular weight is 189 g/mol. The number of carbonyl (C=O) groups is 1. The van der Waals surface area contributed by atoms with Gasteiger partial charge in [-0.1, -0.05) is 6.92 Å². The summed E-state index contributed by atoms with van der Waals surface area (Å²) in [6, 6.07) is 0. The minimum Gasteiger partial charge on any atom is -0.436 e. The molecular formula is C9H17O4. The van der Waals surface area contributed by atoms with Gasteiger partial charge in [0.25, 0.3) is 0 Å². The predicted molar refractivity (Wildman–Crippen MR) is 47.7 cm³/mol. The molecule has 0 spiro atoms. The van der Waals surface area contributed by atoms with Crippen molar-refractivity contribution in [3.8, 4) is 0 Å². The minimum absolute atomic E-state index is 0.363. The number of methoxy groups -OCH3 is 1. The molecule has 2 atom stereocenters. The number of ether oxygens (including phenoxy) is 3. The Bertz CT molecular complexity index is 147. The zero-order valence-corrected chi connectivity index (χ0v) is 8.57. The molecule has 0 aromatic carbocycles. The molecule has 0 saturated carbocycles. The van der Waals surface area contributed by atoms with Crippen molar-refractivity contribution in [2.24, 2.45) is 0 Å². The Kier molecular flexibility index (Phi) is 6.54. The molecule has 0 amide bonds. The molecule has 0 fully saturated rings. The molecule has 1 radical (unpaired) electrons. The fourth-order valence-electron chi connectivity index (χ4n) is 0.732. The van der Waals surface area contributed by atoms with Crippen LogP contribution in [0, 0.1) is 6.42 Å². The standard InChI is InChI=1S/C9H17O4/c1-5-6-9(10)13-8(3)12-7(2)11-4/h6-8H,5H2,1-4H3. The second-order valence-electron chi connectivity index (χ2n) is 2.56.